The van der Waals surface area contributed by atoms with E-state index in [9.17, 15) is 13.7 Å². The van der Waals surface area contributed by atoms with Gasteiger partial charge >= 0.3 is 0 Å². The third kappa shape index (κ3) is 2.97. The van der Waals surface area contributed by atoms with E-state index in [1.54, 1.807) is 30.3 Å². The van der Waals surface area contributed by atoms with Gasteiger partial charge in [-0.25, -0.2) is 8.42 Å². The molecular weight excluding hydrogens is 334 g/mol. The molecule has 1 aliphatic carbocycles. The normalized spacial score (nSPS) is 25.3. The van der Waals surface area contributed by atoms with Crippen LogP contribution in [0.5, 0.6) is 0 Å². The first-order valence-electron chi connectivity index (χ1n) is 8.32. The van der Waals surface area contributed by atoms with Crippen LogP contribution in [-0.4, -0.2) is 26.9 Å². The molecule has 3 rings (SSSR count). The molecule has 0 N–H and O–H groups in total. The van der Waals surface area contributed by atoms with Crippen molar-refractivity contribution in [3.8, 4) is 6.07 Å². The fourth-order valence-electron chi connectivity index (χ4n) is 3.47. The van der Waals surface area contributed by atoms with Gasteiger partial charge in [-0.2, -0.15) is 5.26 Å². The average Bonchev–Trinajstić information content (AvgIpc) is 3.31. The number of rotatable bonds is 6. The lowest BCUT2D eigenvalue weighted by Gasteiger charge is -2.09. The summed E-state index contributed by atoms with van der Waals surface area (Å²) in [6.45, 7) is 4.39. The number of hydrogen-bond donors (Lipinski definition) is 0. The summed E-state index contributed by atoms with van der Waals surface area (Å²) in [5, 5.41) is 9.07. The van der Waals surface area contributed by atoms with E-state index in [-0.39, 0.29) is 17.4 Å². The highest BCUT2D eigenvalue weighted by Gasteiger charge is 2.72. The lowest BCUT2D eigenvalue weighted by atomic mass is 10.0. The maximum atomic E-state index is 13.2. The van der Waals surface area contributed by atoms with Crippen molar-refractivity contribution in [2.75, 3.05) is 13.2 Å². The summed E-state index contributed by atoms with van der Waals surface area (Å²) in [6, 6.07) is 18.3. The van der Waals surface area contributed by atoms with Crippen molar-refractivity contribution in [2.45, 2.75) is 29.9 Å². The average molecular weight is 355 g/mol. The van der Waals surface area contributed by atoms with Crippen LogP contribution in [0.15, 0.2) is 59.5 Å². The summed E-state index contributed by atoms with van der Waals surface area (Å²) in [4.78, 5) is 0.255. The van der Waals surface area contributed by atoms with E-state index < -0.39 is 20.5 Å². The van der Waals surface area contributed by atoms with E-state index in [1.165, 1.54) is 0 Å². The highest BCUT2D eigenvalue weighted by molar-refractivity contribution is 7.92. The Morgan fingerprint density at radius 2 is 1.76 bits per heavy atom. The number of aryl methyl sites for hydroxylation is 1. The van der Waals surface area contributed by atoms with Crippen LogP contribution >= 0.6 is 0 Å². The number of sulfone groups is 1. The van der Waals surface area contributed by atoms with Gasteiger partial charge in [-0.1, -0.05) is 48.0 Å². The Labute approximate surface area is 149 Å². The van der Waals surface area contributed by atoms with Crippen LogP contribution in [0.4, 0.5) is 0 Å². The predicted molar refractivity (Wildman–Crippen MR) is 95.9 cm³/mol. The molecule has 25 heavy (non-hydrogen) atoms. The summed E-state index contributed by atoms with van der Waals surface area (Å²) in [5.74, 6) is -0.380. The Bertz CT molecular complexity index is 885. The van der Waals surface area contributed by atoms with Gasteiger partial charge in [0.1, 0.15) is 5.41 Å². The zero-order valence-corrected chi connectivity index (χ0v) is 15.2. The van der Waals surface area contributed by atoms with Gasteiger partial charge in [-0.15, -0.1) is 0 Å². The summed E-state index contributed by atoms with van der Waals surface area (Å²) in [7, 11) is -3.63. The lowest BCUT2D eigenvalue weighted by molar-refractivity contribution is 0.117. The number of nitrogens with zero attached hydrogens (tertiary/aromatic N) is 1. The maximum Gasteiger partial charge on any atom is 0.183 e. The zero-order valence-electron chi connectivity index (χ0n) is 14.3. The Morgan fingerprint density at radius 3 is 2.32 bits per heavy atom. The third-order valence-corrected chi connectivity index (χ3v) is 7.14. The number of nitriles is 1. The van der Waals surface area contributed by atoms with Crippen LogP contribution in [0.3, 0.4) is 0 Å². The molecular formula is C20H21NO3S. The molecule has 1 aliphatic rings. The van der Waals surface area contributed by atoms with Crippen LogP contribution < -0.4 is 0 Å². The molecule has 0 bridgehead atoms. The molecule has 5 heteroatoms. The molecule has 0 saturated heterocycles. The second kappa shape index (κ2) is 6.62. The summed E-state index contributed by atoms with van der Waals surface area (Å²) >= 11 is 0. The van der Waals surface area contributed by atoms with Crippen molar-refractivity contribution in [1.29, 1.82) is 5.26 Å². The molecule has 0 spiro atoms. The molecule has 0 unspecified atom stereocenters. The van der Waals surface area contributed by atoms with E-state index in [1.807, 2.05) is 38.1 Å². The molecule has 2 aromatic rings. The topological polar surface area (TPSA) is 67.2 Å². The fourth-order valence-corrected chi connectivity index (χ4v) is 5.80. The molecule has 1 saturated carbocycles. The molecule has 0 amide bonds. The van der Waals surface area contributed by atoms with Gasteiger partial charge in [0.05, 0.1) is 22.8 Å². The lowest BCUT2D eigenvalue weighted by Crippen LogP contribution is -2.19. The van der Waals surface area contributed by atoms with Gasteiger partial charge in [0, 0.05) is 12.5 Å². The van der Waals surface area contributed by atoms with Gasteiger partial charge < -0.3 is 4.74 Å². The largest absolute Gasteiger partial charge is 0.380 e. The first-order valence-corrected chi connectivity index (χ1v) is 9.86. The SMILES string of the molecule is CCOC[C@@]1(C#N)[C@@H](c2ccc(C)cc2)[C@@H]1S(=O)(=O)c1ccccc1. The van der Waals surface area contributed by atoms with E-state index in [0.717, 1.165) is 11.1 Å². The second-order valence-electron chi connectivity index (χ2n) is 6.46. The van der Waals surface area contributed by atoms with Gasteiger partial charge in [0.2, 0.25) is 0 Å². The quantitative estimate of drug-likeness (QED) is 0.795. The van der Waals surface area contributed by atoms with Crippen molar-refractivity contribution < 1.29 is 13.2 Å². The molecule has 0 heterocycles. The summed E-state index contributed by atoms with van der Waals surface area (Å²) in [5.41, 5.74) is 0.926. The number of benzene rings is 2. The Kier molecular flexibility index (Phi) is 4.68. The molecule has 2 aromatic carbocycles. The highest BCUT2D eigenvalue weighted by Crippen LogP contribution is 2.63. The molecule has 3 atom stereocenters. The van der Waals surface area contributed by atoms with Crippen molar-refractivity contribution in [1.82, 2.24) is 0 Å². The monoisotopic (exact) mass is 355 g/mol. The molecule has 1 fully saturated rings. The van der Waals surface area contributed by atoms with Crippen LogP contribution in [0, 0.1) is 23.7 Å². The maximum absolute atomic E-state index is 13.2. The molecule has 0 aromatic heterocycles. The van der Waals surface area contributed by atoms with Gasteiger partial charge in [0.25, 0.3) is 0 Å². The van der Waals surface area contributed by atoms with Crippen molar-refractivity contribution >= 4 is 9.84 Å². The first-order chi connectivity index (χ1) is 12.0. The Hall–Kier alpha value is -2.16. The highest BCUT2D eigenvalue weighted by atomic mass is 32.2. The minimum atomic E-state index is -3.63. The van der Waals surface area contributed by atoms with Crippen LogP contribution in [0.25, 0.3) is 0 Å². The summed E-state index contributed by atoms with van der Waals surface area (Å²) in [6.07, 6.45) is 0. The first kappa shape index (κ1) is 17.7. The van der Waals surface area contributed by atoms with E-state index in [0.29, 0.717) is 6.61 Å². The van der Waals surface area contributed by atoms with Crippen molar-refractivity contribution in [2.24, 2.45) is 5.41 Å². The molecule has 0 aliphatic heterocycles. The molecule has 4 nitrogen and oxygen atoms in total. The van der Waals surface area contributed by atoms with Crippen LogP contribution in [0.2, 0.25) is 0 Å². The number of ether oxygens (including phenoxy) is 1. The fraction of sp³-hybridized carbons (Fsp3) is 0.350. The Morgan fingerprint density at radius 1 is 1.12 bits per heavy atom. The van der Waals surface area contributed by atoms with E-state index in [2.05, 4.69) is 6.07 Å². The van der Waals surface area contributed by atoms with Gasteiger partial charge in [-0.3, -0.25) is 0 Å². The summed E-state index contributed by atoms with van der Waals surface area (Å²) < 4.78 is 31.9. The Balaban J connectivity index is 2.06. The smallest absolute Gasteiger partial charge is 0.183 e. The van der Waals surface area contributed by atoms with E-state index in [4.69, 9.17) is 4.74 Å². The third-order valence-electron chi connectivity index (χ3n) is 4.85. The number of hydrogen-bond acceptors (Lipinski definition) is 4. The van der Waals surface area contributed by atoms with Gasteiger partial charge in [-0.05, 0) is 31.5 Å². The van der Waals surface area contributed by atoms with Crippen molar-refractivity contribution in [3.05, 3.63) is 65.7 Å². The zero-order chi connectivity index (χ0) is 18.1. The minimum absolute atomic E-state index is 0.120. The van der Waals surface area contributed by atoms with Gasteiger partial charge in [0.15, 0.2) is 9.84 Å². The molecule has 0 radical (unpaired) electrons. The van der Waals surface area contributed by atoms with Crippen LogP contribution in [0.1, 0.15) is 24.0 Å². The van der Waals surface area contributed by atoms with Crippen LogP contribution in [-0.2, 0) is 14.6 Å². The van der Waals surface area contributed by atoms with E-state index >= 15 is 0 Å². The second-order valence-corrected chi connectivity index (χ2v) is 8.53. The molecule has 130 valence electrons. The standard InChI is InChI=1S/C20H21NO3S/c1-3-24-14-20(13-21)18(16-11-9-15(2)10-12-16)19(20)25(22,23)17-7-5-4-6-8-17/h4-12,18-19H,3,14H2,1-2H3/t18-,19-,20-/m0/s1. The van der Waals surface area contributed by atoms with Crippen molar-refractivity contribution in [3.63, 3.8) is 0 Å². The minimum Gasteiger partial charge on any atom is -0.380 e. The predicted octanol–water partition coefficient (Wildman–Crippen LogP) is 3.48.